The molecule has 6 heteroatoms. The molecular weight excluding hydrogens is 291 g/mol. The fourth-order valence-electron chi connectivity index (χ4n) is 2.85. The van der Waals surface area contributed by atoms with Crippen LogP contribution >= 0.6 is 0 Å². The molecule has 1 fully saturated rings. The van der Waals surface area contributed by atoms with E-state index in [0.29, 0.717) is 13.1 Å². The van der Waals surface area contributed by atoms with Gasteiger partial charge in [-0.3, -0.25) is 0 Å². The first-order valence-electron chi connectivity index (χ1n) is 7.24. The lowest BCUT2D eigenvalue weighted by molar-refractivity contribution is 0.210. The van der Waals surface area contributed by atoms with Crippen molar-refractivity contribution in [2.45, 2.75) is 32.4 Å². The second-order valence-electron chi connectivity index (χ2n) is 5.94. The molecule has 118 valence electrons. The third kappa shape index (κ3) is 4.25. The number of piperidine rings is 1. The van der Waals surface area contributed by atoms with E-state index in [1.54, 1.807) is 6.07 Å². The quantitative estimate of drug-likeness (QED) is 0.926. The van der Waals surface area contributed by atoms with Crippen molar-refractivity contribution in [2.24, 2.45) is 5.92 Å². The molecule has 0 aliphatic carbocycles. The summed E-state index contributed by atoms with van der Waals surface area (Å²) in [6.07, 6.45) is 2.02. The van der Waals surface area contributed by atoms with E-state index in [9.17, 15) is 12.8 Å². The topological polar surface area (TPSA) is 49.4 Å². The van der Waals surface area contributed by atoms with Crippen LogP contribution in [-0.4, -0.2) is 38.1 Å². The van der Waals surface area contributed by atoms with Gasteiger partial charge in [-0.05, 0) is 37.0 Å². The van der Waals surface area contributed by atoms with Crippen molar-refractivity contribution in [3.05, 3.63) is 35.6 Å². The molecule has 0 unspecified atom stereocenters. The van der Waals surface area contributed by atoms with Gasteiger partial charge in [-0.1, -0.05) is 19.1 Å². The highest BCUT2D eigenvalue weighted by Gasteiger charge is 2.31. The number of sulfonamides is 1. The van der Waals surface area contributed by atoms with Crippen LogP contribution in [0.3, 0.4) is 0 Å². The van der Waals surface area contributed by atoms with Crippen molar-refractivity contribution in [3.63, 3.8) is 0 Å². The maximum Gasteiger partial charge on any atom is 0.211 e. The molecule has 1 aromatic carbocycles. The minimum Gasteiger partial charge on any atom is -0.307 e. The van der Waals surface area contributed by atoms with Gasteiger partial charge in [0.25, 0.3) is 0 Å². The average molecular weight is 314 g/mol. The first-order chi connectivity index (χ1) is 9.77. The molecule has 0 amide bonds. The van der Waals surface area contributed by atoms with Gasteiger partial charge in [-0.25, -0.2) is 17.1 Å². The third-order valence-corrected chi connectivity index (χ3v) is 5.42. The lowest BCUT2D eigenvalue weighted by Crippen LogP contribution is -2.50. The largest absolute Gasteiger partial charge is 0.307 e. The Kier molecular flexibility index (Phi) is 5.01. The molecule has 1 aliphatic heterocycles. The maximum atomic E-state index is 13.3. The van der Waals surface area contributed by atoms with Crippen LogP contribution in [0.15, 0.2) is 24.3 Å². The van der Waals surface area contributed by atoms with Gasteiger partial charge >= 0.3 is 0 Å². The zero-order valence-corrected chi connectivity index (χ0v) is 13.5. The van der Waals surface area contributed by atoms with E-state index >= 15 is 0 Å². The summed E-state index contributed by atoms with van der Waals surface area (Å²) >= 11 is 0. The van der Waals surface area contributed by atoms with Crippen molar-refractivity contribution < 1.29 is 12.8 Å². The summed E-state index contributed by atoms with van der Waals surface area (Å²) in [5.74, 6) is -0.00872. The van der Waals surface area contributed by atoms with Crippen molar-refractivity contribution in [1.82, 2.24) is 9.62 Å². The van der Waals surface area contributed by atoms with Crippen molar-refractivity contribution in [2.75, 3.05) is 19.3 Å². The number of hydrogen-bond acceptors (Lipinski definition) is 3. The molecule has 0 bridgehead atoms. The highest BCUT2D eigenvalue weighted by Crippen LogP contribution is 2.22. The third-order valence-electron chi connectivity index (χ3n) is 4.15. The standard InChI is InChI=1S/C15H23FN2O2S/c1-11-10-18(21(3,19)20)8-7-15(11)17-12(2)13-5-4-6-14(16)9-13/h4-6,9,11-12,15,17H,7-8,10H2,1-3H3/t11-,12+,15+/m1/s1. The fourth-order valence-corrected chi connectivity index (χ4v) is 3.79. The normalized spacial score (nSPS) is 25.7. The van der Waals surface area contributed by atoms with E-state index in [4.69, 9.17) is 0 Å². The maximum absolute atomic E-state index is 13.3. The van der Waals surface area contributed by atoms with Crippen LogP contribution in [0.4, 0.5) is 4.39 Å². The summed E-state index contributed by atoms with van der Waals surface area (Å²) < 4.78 is 38.0. The molecule has 0 radical (unpaired) electrons. The Hall–Kier alpha value is -0.980. The van der Waals surface area contributed by atoms with Crippen LogP contribution in [0.25, 0.3) is 0 Å². The van der Waals surface area contributed by atoms with Gasteiger partial charge in [-0.15, -0.1) is 0 Å². The Morgan fingerprint density at radius 2 is 2.14 bits per heavy atom. The van der Waals surface area contributed by atoms with Gasteiger partial charge in [0.15, 0.2) is 0 Å². The summed E-state index contributed by atoms with van der Waals surface area (Å²) in [4.78, 5) is 0. The molecule has 0 spiro atoms. The van der Waals surface area contributed by atoms with Crippen LogP contribution < -0.4 is 5.32 Å². The molecule has 21 heavy (non-hydrogen) atoms. The number of nitrogens with one attached hydrogen (secondary N) is 1. The summed E-state index contributed by atoms with van der Waals surface area (Å²) in [5, 5.41) is 3.50. The fraction of sp³-hybridized carbons (Fsp3) is 0.600. The molecule has 1 aromatic rings. The summed E-state index contributed by atoms with van der Waals surface area (Å²) in [7, 11) is -3.11. The Labute approximate surface area is 126 Å². The average Bonchev–Trinajstić information content (AvgIpc) is 2.39. The van der Waals surface area contributed by atoms with Crippen molar-refractivity contribution >= 4 is 10.0 Å². The number of rotatable bonds is 4. The summed E-state index contributed by atoms with van der Waals surface area (Å²) in [6.45, 7) is 5.13. The van der Waals surface area contributed by atoms with Crippen LogP contribution in [0, 0.1) is 11.7 Å². The Balaban J connectivity index is 1.98. The Morgan fingerprint density at radius 1 is 1.43 bits per heavy atom. The minimum absolute atomic E-state index is 0.0398. The summed E-state index contributed by atoms with van der Waals surface area (Å²) in [5.41, 5.74) is 0.910. The van der Waals surface area contributed by atoms with Crippen LogP contribution in [0.1, 0.15) is 31.9 Å². The predicted octanol–water partition coefficient (Wildman–Crippen LogP) is 2.15. The van der Waals surface area contributed by atoms with Gasteiger partial charge in [0.05, 0.1) is 6.26 Å². The molecule has 1 N–H and O–H groups in total. The first-order valence-corrected chi connectivity index (χ1v) is 9.09. The summed E-state index contributed by atoms with van der Waals surface area (Å²) in [6, 6.07) is 6.85. The van der Waals surface area contributed by atoms with Gasteiger partial charge in [-0.2, -0.15) is 0 Å². The molecule has 4 nitrogen and oxygen atoms in total. The van der Waals surface area contributed by atoms with E-state index in [-0.39, 0.29) is 23.8 Å². The van der Waals surface area contributed by atoms with Crippen LogP contribution in [-0.2, 0) is 10.0 Å². The van der Waals surface area contributed by atoms with E-state index in [1.165, 1.54) is 22.7 Å². The molecule has 0 saturated carbocycles. The van der Waals surface area contributed by atoms with Crippen molar-refractivity contribution in [3.8, 4) is 0 Å². The molecule has 0 aromatic heterocycles. The zero-order chi connectivity index (χ0) is 15.6. The van der Waals surface area contributed by atoms with E-state index in [2.05, 4.69) is 5.32 Å². The number of hydrogen-bond donors (Lipinski definition) is 1. The molecule has 2 rings (SSSR count). The minimum atomic E-state index is -3.11. The molecule has 3 atom stereocenters. The highest BCUT2D eigenvalue weighted by molar-refractivity contribution is 7.88. The van der Waals surface area contributed by atoms with Gasteiger partial charge in [0.1, 0.15) is 5.82 Å². The van der Waals surface area contributed by atoms with Gasteiger partial charge < -0.3 is 5.32 Å². The van der Waals surface area contributed by atoms with Gasteiger partial charge in [0, 0.05) is 25.2 Å². The molecule has 1 saturated heterocycles. The Morgan fingerprint density at radius 3 is 2.71 bits per heavy atom. The van der Waals surface area contributed by atoms with Crippen molar-refractivity contribution in [1.29, 1.82) is 0 Å². The number of nitrogens with zero attached hydrogens (tertiary/aromatic N) is 1. The Bertz CT molecular complexity index is 591. The molecule has 1 heterocycles. The smallest absolute Gasteiger partial charge is 0.211 e. The second kappa shape index (κ2) is 6.42. The second-order valence-corrected chi connectivity index (χ2v) is 7.92. The lowest BCUT2D eigenvalue weighted by Gasteiger charge is -2.37. The van der Waals surface area contributed by atoms with Crippen LogP contribution in [0.5, 0.6) is 0 Å². The zero-order valence-electron chi connectivity index (χ0n) is 12.7. The molecule has 1 aliphatic rings. The number of halogens is 1. The number of benzene rings is 1. The SMILES string of the molecule is C[C@H](N[C@H]1CCN(S(C)(=O)=O)C[C@H]1C)c1cccc(F)c1. The highest BCUT2D eigenvalue weighted by atomic mass is 32.2. The van der Waals surface area contributed by atoms with E-state index in [0.717, 1.165) is 12.0 Å². The van der Waals surface area contributed by atoms with Gasteiger partial charge in [0.2, 0.25) is 10.0 Å². The predicted molar refractivity (Wildman–Crippen MR) is 81.9 cm³/mol. The lowest BCUT2D eigenvalue weighted by atomic mass is 9.93. The monoisotopic (exact) mass is 314 g/mol. The first kappa shape index (κ1) is 16.4. The van der Waals surface area contributed by atoms with Crippen LogP contribution in [0.2, 0.25) is 0 Å². The molecular formula is C15H23FN2O2S. The van der Waals surface area contributed by atoms with E-state index < -0.39 is 10.0 Å². The van der Waals surface area contributed by atoms with E-state index in [1.807, 2.05) is 19.9 Å².